The fourth-order valence-corrected chi connectivity index (χ4v) is 2.91. The Morgan fingerprint density at radius 2 is 2.00 bits per heavy atom. The average Bonchev–Trinajstić information content (AvgIpc) is 2.72. The van der Waals surface area contributed by atoms with Gasteiger partial charge in [0.15, 0.2) is 5.65 Å². The number of carbonyl (C=O) groups is 1. The number of hydrogen-bond acceptors (Lipinski definition) is 4. The van der Waals surface area contributed by atoms with Gasteiger partial charge in [0.25, 0.3) is 0 Å². The highest BCUT2D eigenvalue weighted by atomic mass is 16.5. The summed E-state index contributed by atoms with van der Waals surface area (Å²) in [5.41, 5.74) is 4.10. The van der Waals surface area contributed by atoms with Crippen molar-refractivity contribution >= 4 is 11.6 Å². The average molecular weight is 303 g/mol. The standard InChI is InChI=1S/C17H25N3O2/c1-8-22-16(21)12-9-18-20-14(17(5,6)7)11(4)19-15(20)13(12)10(2)3/h9-10H,8H2,1-7H3. The van der Waals surface area contributed by atoms with Gasteiger partial charge in [0, 0.05) is 11.0 Å². The number of esters is 1. The summed E-state index contributed by atoms with van der Waals surface area (Å²) >= 11 is 0. The molecule has 0 unspecified atom stereocenters. The molecule has 0 aliphatic carbocycles. The third-order valence-corrected chi connectivity index (χ3v) is 3.65. The van der Waals surface area contributed by atoms with Crippen LogP contribution in [0, 0.1) is 6.92 Å². The molecule has 2 aromatic heterocycles. The number of aromatic nitrogens is 3. The van der Waals surface area contributed by atoms with E-state index in [9.17, 15) is 4.79 Å². The second-order valence-corrected chi connectivity index (χ2v) is 6.88. The Morgan fingerprint density at radius 3 is 2.50 bits per heavy atom. The van der Waals surface area contributed by atoms with Crippen LogP contribution >= 0.6 is 0 Å². The largest absolute Gasteiger partial charge is 0.462 e. The van der Waals surface area contributed by atoms with Crippen LogP contribution in [0.15, 0.2) is 6.20 Å². The molecule has 0 N–H and O–H groups in total. The van der Waals surface area contributed by atoms with Crippen LogP contribution in [-0.2, 0) is 10.2 Å². The van der Waals surface area contributed by atoms with Crippen LogP contribution in [0.3, 0.4) is 0 Å². The number of imidazole rings is 1. The Kier molecular flexibility index (Phi) is 4.27. The van der Waals surface area contributed by atoms with Crippen LogP contribution in [0.2, 0.25) is 0 Å². The molecule has 0 aliphatic heterocycles. The molecule has 120 valence electrons. The number of nitrogens with zero attached hydrogens (tertiary/aromatic N) is 3. The summed E-state index contributed by atoms with van der Waals surface area (Å²) in [5.74, 6) is -0.182. The van der Waals surface area contributed by atoms with Crippen molar-refractivity contribution in [2.75, 3.05) is 6.61 Å². The second kappa shape index (κ2) is 5.71. The van der Waals surface area contributed by atoms with E-state index in [1.807, 2.05) is 11.4 Å². The maximum Gasteiger partial charge on any atom is 0.340 e. The molecule has 0 aromatic carbocycles. The molecule has 0 saturated heterocycles. The Labute approximate surface area is 131 Å². The molecule has 0 atom stereocenters. The molecule has 5 nitrogen and oxygen atoms in total. The lowest BCUT2D eigenvalue weighted by Crippen LogP contribution is -2.18. The Hall–Kier alpha value is -1.91. The van der Waals surface area contributed by atoms with E-state index in [1.54, 1.807) is 13.1 Å². The smallest absolute Gasteiger partial charge is 0.340 e. The van der Waals surface area contributed by atoms with Crippen molar-refractivity contribution < 1.29 is 9.53 Å². The Balaban J connectivity index is 2.79. The van der Waals surface area contributed by atoms with Crippen LogP contribution in [0.5, 0.6) is 0 Å². The number of carbonyl (C=O) groups excluding carboxylic acids is 1. The highest BCUT2D eigenvalue weighted by molar-refractivity contribution is 5.92. The maximum atomic E-state index is 12.2. The topological polar surface area (TPSA) is 56.5 Å². The molecule has 0 bridgehead atoms. The Bertz CT molecular complexity index is 709. The quantitative estimate of drug-likeness (QED) is 0.812. The van der Waals surface area contributed by atoms with E-state index in [-0.39, 0.29) is 17.3 Å². The maximum absolute atomic E-state index is 12.2. The van der Waals surface area contributed by atoms with Crippen LogP contribution < -0.4 is 0 Å². The molecular formula is C17H25N3O2. The fourth-order valence-electron chi connectivity index (χ4n) is 2.91. The van der Waals surface area contributed by atoms with Crippen molar-refractivity contribution in [2.45, 2.75) is 59.8 Å². The molecule has 0 amide bonds. The molecule has 0 saturated carbocycles. The van der Waals surface area contributed by atoms with Gasteiger partial charge in [0.05, 0.1) is 29.8 Å². The van der Waals surface area contributed by atoms with Crippen molar-refractivity contribution in [3.8, 4) is 0 Å². The van der Waals surface area contributed by atoms with E-state index in [1.165, 1.54) is 0 Å². The summed E-state index contributed by atoms with van der Waals surface area (Å²) in [6.45, 7) is 14.7. The summed E-state index contributed by atoms with van der Waals surface area (Å²) in [6, 6.07) is 0. The first-order chi connectivity index (χ1) is 10.2. The van der Waals surface area contributed by atoms with Crippen LogP contribution in [0.4, 0.5) is 0 Å². The van der Waals surface area contributed by atoms with E-state index in [0.29, 0.717) is 12.2 Å². The predicted molar refractivity (Wildman–Crippen MR) is 86.5 cm³/mol. The minimum atomic E-state index is -0.334. The zero-order valence-electron chi connectivity index (χ0n) is 14.5. The van der Waals surface area contributed by atoms with Crippen molar-refractivity contribution in [1.82, 2.24) is 14.6 Å². The molecule has 0 aliphatic rings. The number of rotatable bonds is 3. The van der Waals surface area contributed by atoms with Gasteiger partial charge in [-0.3, -0.25) is 0 Å². The molecule has 0 radical (unpaired) electrons. The second-order valence-electron chi connectivity index (χ2n) is 6.88. The molecule has 2 heterocycles. The van der Waals surface area contributed by atoms with Gasteiger partial charge in [0.2, 0.25) is 0 Å². The van der Waals surface area contributed by atoms with Gasteiger partial charge in [0.1, 0.15) is 0 Å². The first kappa shape index (κ1) is 16.5. The molecule has 2 aromatic rings. The van der Waals surface area contributed by atoms with E-state index >= 15 is 0 Å². The van der Waals surface area contributed by atoms with Gasteiger partial charge in [-0.1, -0.05) is 34.6 Å². The normalized spacial score (nSPS) is 12.2. The van der Waals surface area contributed by atoms with Crippen LogP contribution in [0.25, 0.3) is 5.65 Å². The lowest BCUT2D eigenvalue weighted by molar-refractivity contribution is 0.0524. The molecular weight excluding hydrogens is 278 g/mol. The minimum Gasteiger partial charge on any atom is -0.462 e. The highest BCUT2D eigenvalue weighted by Crippen LogP contribution is 2.30. The van der Waals surface area contributed by atoms with Gasteiger partial charge in [-0.25, -0.2) is 14.3 Å². The summed E-state index contributed by atoms with van der Waals surface area (Å²) < 4.78 is 7.02. The van der Waals surface area contributed by atoms with Crippen LogP contribution in [-0.4, -0.2) is 27.2 Å². The predicted octanol–water partition coefficient (Wildman–Crippen LogP) is 3.64. The molecule has 5 heteroatoms. The summed E-state index contributed by atoms with van der Waals surface area (Å²) in [5, 5.41) is 4.47. The molecule has 2 rings (SSSR count). The number of hydrogen-bond donors (Lipinski definition) is 0. The first-order valence-electron chi connectivity index (χ1n) is 7.74. The zero-order chi connectivity index (χ0) is 16.7. The summed E-state index contributed by atoms with van der Waals surface area (Å²) in [6.07, 6.45) is 1.61. The van der Waals surface area contributed by atoms with E-state index in [2.05, 4.69) is 39.7 Å². The monoisotopic (exact) mass is 303 g/mol. The van der Waals surface area contributed by atoms with E-state index in [4.69, 9.17) is 9.72 Å². The lowest BCUT2D eigenvalue weighted by atomic mass is 9.91. The molecule has 0 fully saturated rings. The zero-order valence-corrected chi connectivity index (χ0v) is 14.5. The van der Waals surface area contributed by atoms with E-state index in [0.717, 1.165) is 22.6 Å². The summed E-state index contributed by atoms with van der Waals surface area (Å²) in [4.78, 5) is 16.9. The van der Waals surface area contributed by atoms with Crippen molar-refractivity contribution in [1.29, 1.82) is 0 Å². The van der Waals surface area contributed by atoms with Gasteiger partial charge < -0.3 is 4.74 Å². The van der Waals surface area contributed by atoms with Gasteiger partial charge in [-0.15, -0.1) is 0 Å². The molecule has 22 heavy (non-hydrogen) atoms. The lowest BCUT2D eigenvalue weighted by Gasteiger charge is -2.19. The number of aryl methyl sites for hydroxylation is 1. The van der Waals surface area contributed by atoms with Crippen LogP contribution in [0.1, 0.15) is 74.8 Å². The van der Waals surface area contributed by atoms with Gasteiger partial charge in [-0.05, 0) is 19.8 Å². The van der Waals surface area contributed by atoms with E-state index < -0.39 is 0 Å². The SMILES string of the molecule is CCOC(=O)c1cnn2c(C(C)(C)C)c(C)nc2c1C(C)C. The molecule has 0 spiro atoms. The van der Waals surface area contributed by atoms with Gasteiger partial charge >= 0.3 is 5.97 Å². The first-order valence-corrected chi connectivity index (χ1v) is 7.74. The minimum absolute atomic E-state index is 0.0732. The number of fused-ring (bicyclic) bond motifs is 1. The Morgan fingerprint density at radius 1 is 1.36 bits per heavy atom. The fraction of sp³-hybridized carbons (Fsp3) is 0.588. The van der Waals surface area contributed by atoms with Crippen molar-refractivity contribution in [3.63, 3.8) is 0 Å². The number of ether oxygens (including phenoxy) is 1. The van der Waals surface area contributed by atoms with Crippen molar-refractivity contribution in [2.24, 2.45) is 0 Å². The highest BCUT2D eigenvalue weighted by Gasteiger charge is 2.27. The van der Waals surface area contributed by atoms with Gasteiger partial charge in [-0.2, -0.15) is 5.10 Å². The summed E-state index contributed by atoms with van der Waals surface area (Å²) in [7, 11) is 0. The van der Waals surface area contributed by atoms with Crippen molar-refractivity contribution in [3.05, 3.63) is 28.7 Å². The third kappa shape index (κ3) is 2.72. The third-order valence-electron chi connectivity index (χ3n) is 3.65.